The van der Waals surface area contributed by atoms with Crippen LogP contribution in [0.2, 0.25) is 0 Å². The molecule has 0 radical (unpaired) electrons. The summed E-state index contributed by atoms with van der Waals surface area (Å²) in [6.45, 7) is 6.50. The molecule has 0 fully saturated rings. The van der Waals surface area contributed by atoms with Gasteiger partial charge in [0.1, 0.15) is 11.9 Å². The number of nitrogens with zero attached hydrogens (tertiary/aromatic N) is 3. The fraction of sp³-hybridized carbons (Fsp3) is 0.615. The van der Waals surface area contributed by atoms with Gasteiger partial charge in [-0.05, 0) is 20.8 Å². The normalized spacial score (nSPS) is 13.1. The number of aliphatic carboxylic acids is 1. The van der Waals surface area contributed by atoms with Gasteiger partial charge in [-0.3, -0.25) is 9.59 Å². The lowest BCUT2D eigenvalue weighted by molar-refractivity contribution is -0.140. The molecular weight excluding hydrogens is 324 g/mol. The zero-order valence-electron chi connectivity index (χ0n) is 13.6. The summed E-state index contributed by atoms with van der Waals surface area (Å²) in [4.78, 5) is 26.2. The quantitative estimate of drug-likeness (QED) is 0.673. The van der Waals surface area contributed by atoms with Crippen LogP contribution in [0.1, 0.15) is 26.6 Å². The molecule has 0 aliphatic rings. The van der Waals surface area contributed by atoms with Gasteiger partial charge in [0.2, 0.25) is 5.91 Å². The third-order valence-corrected chi connectivity index (χ3v) is 5.20. The molecule has 1 unspecified atom stereocenters. The van der Waals surface area contributed by atoms with Crippen molar-refractivity contribution in [3.8, 4) is 0 Å². The predicted octanol–water partition coefficient (Wildman–Crippen LogP) is -0.189. The number of carboxylic acids is 1. The van der Waals surface area contributed by atoms with Gasteiger partial charge in [-0.2, -0.15) is 4.31 Å². The van der Waals surface area contributed by atoms with E-state index in [1.165, 1.54) is 20.0 Å². The average molecular weight is 346 g/mol. The zero-order valence-corrected chi connectivity index (χ0v) is 14.4. The third-order valence-electron chi connectivity index (χ3n) is 3.36. The van der Waals surface area contributed by atoms with E-state index in [0.717, 1.165) is 4.31 Å². The first kappa shape index (κ1) is 19.1. The maximum absolute atomic E-state index is 12.7. The lowest BCUT2D eigenvalue weighted by atomic mass is 10.3. The molecule has 0 bridgehead atoms. The summed E-state index contributed by atoms with van der Waals surface area (Å²) in [5, 5.41) is 11.4. The van der Waals surface area contributed by atoms with E-state index in [0.29, 0.717) is 12.4 Å². The van der Waals surface area contributed by atoms with Crippen LogP contribution < -0.4 is 5.32 Å². The van der Waals surface area contributed by atoms with E-state index in [-0.39, 0.29) is 24.0 Å². The molecule has 0 saturated heterocycles. The van der Waals surface area contributed by atoms with Gasteiger partial charge in [0.15, 0.2) is 5.03 Å². The first-order valence-electron chi connectivity index (χ1n) is 7.14. The van der Waals surface area contributed by atoms with Crippen molar-refractivity contribution in [3.63, 3.8) is 0 Å². The lowest BCUT2D eigenvalue weighted by Crippen LogP contribution is -2.46. The van der Waals surface area contributed by atoms with E-state index in [4.69, 9.17) is 5.11 Å². The molecule has 1 rings (SSSR count). The molecule has 10 heteroatoms. The van der Waals surface area contributed by atoms with Crippen molar-refractivity contribution in [1.29, 1.82) is 0 Å². The third kappa shape index (κ3) is 4.52. The first-order valence-corrected chi connectivity index (χ1v) is 8.58. The Balaban J connectivity index is 3.15. The maximum Gasteiger partial charge on any atom is 0.321 e. The molecule has 1 aromatic heterocycles. The van der Waals surface area contributed by atoms with Crippen LogP contribution in [0.4, 0.5) is 0 Å². The number of sulfonamides is 1. The van der Waals surface area contributed by atoms with E-state index in [1.807, 2.05) is 6.92 Å². The Kier molecular flexibility index (Phi) is 6.28. The molecule has 9 nitrogen and oxygen atoms in total. The van der Waals surface area contributed by atoms with E-state index in [9.17, 15) is 18.0 Å². The molecule has 0 aliphatic heterocycles. The Bertz CT molecular complexity index is 683. The number of nitrogens with one attached hydrogen (secondary N) is 1. The summed E-state index contributed by atoms with van der Waals surface area (Å²) in [6, 6.07) is -1.28. The molecule has 1 amide bonds. The van der Waals surface area contributed by atoms with Gasteiger partial charge in [0, 0.05) is 32.8 Å². The van der Waals surface area contributed by atoms with Crippen LogP contribution in [0.5, 0.6) is 0 Å². The van der Waals surface area contributed by atoms with Crippen molar-refractivity contribution in [2.24, 2.45) is 0 Å². The van der Waals surface area contributed by atoms with Crippen molar-refractivity contribution in [3.05, 3.63) is 12.0 Å². The molecule has 1 atom stereocenters. The highest BCUT2D eigenvalue weighted by molar-refractivity contribution is 7.89. The summed E-state index contributed by atoms with van der Waals surface area (Å²) in [5.41, 5.74) is 0. The second-order valence-corrected chi connectivity index (χ2v) is 6.86. The Labute approximate surface area is 135 Å². The van der Waals surface area contributed by atoms with Gasteiger partial charge < -0.3 is 15.0 Å². The fourth-order valence-electron chi connectivity index (χ4n) is 2.03. The molecular formula is C13H22N4O5S. The summed E-state index contributed by atoms with van der Waals surface area (Å²) in [5.74, 6) is -1.07. The molecule has 23 heavy (non-hydrogen) atoms. The summed E-state index contributed by atoms with van der Waals surface area (Å²) in [6.07, 6.45) is 1.38. The van der Waals surface area contributed by atoms with Crippen LogP contribution in [0, 0.1) is 6.92 Å². The SMILES string of the molecule is CCn1cc(S(=O)(=O)N(CCNC(C)=O)C(C)C(=O)O)nc1C. The van der Waals surface area contributed by atoms with Crippen LogP contribution in [0.3, 0.4) is 0 Å². The topological polar surface area (TPSA) is 122 Å². The minimum absolute atomic E-state index is 0.0135. The molecule has 1 heterocycles. The van der Waals surface area contributed by atoms with Gasteiger partial charge in [-0.1, -0.05) is 0 Å². The number of carboxylic acid groups (broad SMARTS) is 1. The van der Waals surface area contributed by atoms with E-state index in [2.05, 4.69) is 10.3 Å². The van der Waals surface area contributed by atoms with Gasteiger partial charge in [0.05, 0.1) is 0 Å². The number of imidazole rings is 1. The van der Waals surface area contributed by atoms with Gasteiger partial charge in [-0.25, -0.2) is 13.4 Å². The minimum atomic E-state index is -4.09. The molecule has 2 N–H and O–H groups in total. The largest absolute Gasteiger partial charge is 0.480 e. The van der Waals surface area contributed by atoms with Crippen LogP contribution >= 0.6 is 0 Å². The monoisotopic (exact) mass is 346 g/mol. The van der Waals surface area contributed by atoms with Gasteiger partial charge in [0.25, 0.3) is 10.0 Å². The van der Waals surface area contributed by atoms with E-state index in [1.54, 1.807) is 11.5 Å². The fourth-order valence-corrected chi connectivity index (χ4v) is 3.62. The number of carbonyl (C=O) groups excluding carboxylic acids is 1. The standard InChI is InChI=1S/C13H22N4O5S/c1-5-16-8-12(15-10(16)3)23(21,22)17(9(2)13(19)20)7-6-14-11(4)18/h8-9H,5-7H2,1-4H3,(H,14,18)(H,19,20). The number of aryl methyl sites for hydroxylation is 2. The average Bonchev–Trinajstić information content (AvgIpc) is 2.84. The van der Waals surface area contributed by atoms with Crippen LogP contribution in [-0.2, 0) is 26.2 Å². The number of aromatic nitrogens is 2. The minimum Gasteiger partial charge on any atom is -0.480 e. The van der Waals surface area contributed by atoms with Crippen LogP contribution in [0.15, 0.2) is 11.2 Å². The highest BCUT2D eigenvalue weighted by Gasteiger charge is 2.34. The molecule has 0 aliphatic carbocycles. The molecule has 130 valence electrons. The second-order valence-electron chi connectivity index (χ2n) is 5.03. The Morgan fingerprint density at radius 3 is 2.52 bits per heavy atom. The summed E-state index contributed by atoms with van der Waals surface area (Å²) >= 11 is 0. The summed E-state index contributed by atoms with van der Waals surface area (Å²) < 4.78 is 27.9. The zero-order chi connectivity index (χ0) is 17.8. The van der Waals surface area contributed by atoms with Crippen LogP contribution in [-0.4, -0.2) is 58.4 Å². The molecule has 1 aromatic rings. The van der Waals surface area contributed by atoms with E-state index >= 15 is 0 Å². The van der Waals surface area contributed by atoms with E-state index < -0.39 is 22.0 Å². The Morgan fingerprint density at radius 2 is 2.09 bits per heavy atom. The van der Waals surface area contributed by atoms with Crippen molar-refractivity contribution < 1.29 is 23.1 Å². The molecule has 0 spiro atoms. The number of rotatable bonds is 8. The van der Waals surface area contributed by atoms with Crippen molar-refractivity contribution in [2.75, 3.05) is 13.1 Å². The Morgan fingerprint density at radius 1 is 1.48 bits per heavy atom. The van der Waals surface area contributed by atoms with Gasteiger partial charge in [-0.15, -0.1) is 0 Å². The number of hydrogen-bond acceptors (Lipinski definition) is 5. The second kappa shape index (κ2) is 7.55. The first-order chi connectivity index (χ1) is 10.6. The lowest BCUT2D eigenvalue weighted by Gasteiger charge is -2.24. The summed E-state index contributed by atoms with van der Waals surface area (Å²) in [7, 11) is -4.09. The number of carbonyl (C=O) groups is 2. The highest BCUT2D eigenvalue weighted by Crippen LogP contribution is 2.18. The van der Waals surface area contributed by atoms with Crippen LogP contribution in [0.25, 0.3) is 0 Å². The van der Waals surface area contributed by atoms with Crippen molar-refractivity contribution >= 4 is 21.9 Å². The highest BCUT2D eigenvalue weighted by atomic mass is 32.2. The molecule has 0 aromatic carbocycles. The van der Waals surface area contributed by atoms with Gasteiger partial charge >= 0.3 is 5.97 Å². The number of amides is 1. The van der Waals surface area contributed by atoms with Crippen molar-refractivity contribution in [1.82, 2.24) is 19.2 Å². The maximum atomic E-state index is 12.7. The number of hydrogen-bond donors (Lipinski definition) is 2. The van der Waals surface area contributed by atoms with Crippen molar-refractivity contribution in [2.45, 2.75) is 45.3 Å². The molecule has 0 saturated carbocycles. The predicted molar refractivity (Wildman–Crippen MR) is 82.3 cm³/mol. The Hall–Kier alpha value is -1.94. The smallest absolute Gasteiger partial charge is 0.321 e.